The molecule has 1 unspecified atom stereocenters. The predicted molar refractivity (Wildman–Crippen MR) is 134 cm³/mol. The first kappa shape index (κ1) is 31.7. The van der Waals surface area contributed by atoms with Crippen molar-refractivity contribution in [1.82, 2.24) is 5.32 Å². The first-order chi connectivity index (χ1) is 13.8. The molecule has 0 aromatic carbocycles. The Morgan fingerprint density at radius 2 is 1.43 bits per heavy atom. The maximum atomic E-state index is 3.96. The molecule has 0 radical (unpaired) electrons. The minimum atomic E-state index is 0.595. The van der Waals surface area contributed by atoms with E-state index in [0.29, 0.717) is 12.0 Å². The van der Waals surface area contributed by atoms with Gasteiger partial charge in [0.05, 0.1) is 0 Å². The molecule has 168 valence electrons. The summed E-state index contributed by atoms with van der Waals surface area (Å²) in [5.74, 6) is 0.705. The molecule has 0 aliphatic heterocycles. The number of hydrogen-bond acceptors (Lipinski definition) is 1. The third-order valence-corrected chi connectivity index (χ3v) is 4.93. The summed E-state index contributed by atoms with van der Waals surface area (Å²) in [6.07, 6.45) is 19.9. The summed E-state index contributed by atoms with van der Waals surface area (Å²) in [7, 11) is 0. The Balaban J connectivity index is -0.000000946. The van der Waals surface area contributed by atoms with Gasteiger partial charge < -0.3 is 5.32 Å². The molecule has 1 N–H and O–H groups in total. The summed E-state index contributed by atoms with van der Waals surface area (Å²) in [4.78, 5) is 0. The zero-order valence-corrected chi connectivity index (χ0v) is 21.2. The third-order valence-electron chi connectivity index (χ3n) is 4.93. The van der Waals surface area contributed by atoms with Gasteiger partial charge in [0.2, 0.25) is 0 Å². The molecule has 1 aliphatic rings. The highest BCUT2D eigenvalue weighted by Crippen LogP contribution is 2.31. The third kappa shape index (κ3) is 15.0. The Bertz CT molecular complexity index is 356. The number of rotatable bonds is 8. The SMILES string of the molecule is C=C/C=C(\C(=C/C)NC(CC)CCC)C1CCCCCCC1.CC.CC.CC. The van der Waals surface area contributed by atoms with Gasteiger partial charge in [-0.05, 0) is 44.1 Å². The van der Waals surface area contributed by atoms with Crippen LogP contribution >= 0.6 is 0 Å². The average Bonchev–Trinajstić information content (AvgIpc) is 2.74. The molecule has 1 heteroatoms. The molecule has 1 rings (SSSR count). The second-order valence-electron chi connectivity index (χ2n) is 6.64. The van der Waals surface area contributed by atoms with Crippen molar-refractivity contribution in [3.05, 3.63) is 36.1 Å². The fourth-order valence-electron chi connectivity index (χ4n) is 3.62. The number of hydrogen-bond donors (Lipinski definition) is 1. The lowest BCUT2D eigenvalue weighted by Crippen LogP contribution is -2.30. The molecule has 0 amide bonds. The van der Waals surface area contributed by atoms with Gasteiger partial charge in [-0.2, -0.15) is 0 Å². The van der Waals surface area contributed by atoms with E-state index in [4.69, 9.17) is 0 Å². The lowest BCUT2D eigenvalue weighted by atomic mass is 9.83. The highest BCUT2D eigenvalue weighted by molar-refractivity contribution is 5.34. The van der Waals surface area contributed by atoms with Gasteiger partial charge in [0.25, 0.3) is 0 Å². The molecule has 0 saturated heterocycles. The summed E-state index contributed by atoms with van der Waals surface area (Å²) < 4.78 is 0. The van der Waals surface area contributed by atoms with Crippen LogP contribution in [0.2, 0.25) is 0 Å². The van der Waals surface area contributed by atoms with Crippen LogP contribution in [-0.2, 0) is 0 Å². The van der Waals surface area contributed by atoms with Crippen LogP contribution in [0, 0.1) is 5.92 Å². The largest absolute Gasteiger partial charge is 0.382 e. The molecule has 0 aromatic heterocycles. The predicted octanol–water partition coefficient (Wildman–Crippen LogP) is 9.61. The van der Waals surface area contributed by atoms with E-state index in [-0.39, 0.29) is 0 Å². The second-order valence-corrected chi connectivity index (χ2v) is 6.64. The molecular weight excluding hydrogens is 338 g/mol. The van der Waals surface area contributed by atoms with Crippen LogP contribution in [0.5, 0.6) is 0 Å². The van der Waals surface area contributed by atoms with Crippen molar-refractivity contribution in [2.45, 2.75) is 133 Å². The lowest BCUT2D eigenvalue weighted by Gasteiger charge is -2.28. The van der Waals surface area contributed by atoms with Gasteiger partial charge in [-0.3, -0.25) is 0 Å². The van der Waals surface area contributed by atoms with Gasteiger partial charge in [0.1, 0.15) is 0 Å². The molecule has 28 heavy (non-hydrogen) atoms. The van der Waals surface area contributed by atoms with Gasteiger partial charge in [-0.15, -0.1) is 0 Å². The molecule has 1 atom stereocenters. The molecular formula is C27H55N. The summed E-state index contributed by atoms with van der Waals surface area (Å²) in [6.45, 7) is 22.7. The zero-order valence-electron chi connectivity index (χ0n) is 21.2. The molecule has 0 spiro atoms. The summed E-state index contributed by atoms with van der Waals surface area (Å²) in [5.41, 5.74) is 2.85. The van der Waals surface area contributed by atoms with E-state index in [1.165, 1.54) is 75.5 Å². The van der Waals surface area contributed by atoms with E-state index in [2.05, 4.69) is 44.8 Å². The van der Waals surface area contributed by atoms with Crippen LogP contribution in [0.1, 0.15) is 127 Å². The van der Waals surface area contributed by atoms with Crippen LogP contribution in [0.15, 0.2) is 36.1 Å². The number of allylic oxidation sites excluding steroid dienone is 4. The Hall–Kier alpha value is -0.980. The topological polar surface area (TPSA) is 12.0 Å². The normalized spacial score (nSPS) is 16.5. The maximum Gasteiger partial charge on any atom is 0.0334 e. The van der Waals surface area contributed by atoms with Crippen molar-refractivity contribution < 1.29 is 0 Å². The van der Waals surface area contributed by atoms with Crippen LogP contribution in [-0.4, -0.2) is 6.04 Å². The van der Waals surface area contributed by atoms with E-state index in [0.717, 1.165) is 0 Å². The van der Waals surface area contributed by atoms with Gasteiger partial charge in [-0.1, -0.05) is 119 Å². The monoisotopic (exact) mass is 393 g/mol. The van der Waals surface area contributed by atoms with E-state index in [1.54, 1.807) is 0 Å². The van der Waals surface area contributed by atoms with E-state index in [1.807, 2.05) is 47.6 Å². The van der Waals surface area contributed by atoms with Crippen molar-refractivity contribution >= 4 is 0 Å². The lowest BCUT2D eigenvalue weighted by molar-refractivity contribution is 0.414. The summed E-state index contributed by atoms with van der Waals surface area (Å²) >= 11 is 0. The van der Waals surface area contributed by atoms with Crippen molar-refractivity contribution in [2.75, 3.05) is 0 Å². The highest BCUT2D eigenvalue weighted by atomic mass is 14.9. The number of nitrogens with one attached hydrogen (secondary N) is 1. The standard InChI is InChI=1S/C21H37N.3C2H6/c1-5-14-19(7-3)22-21(8-4)20(15-6-2)18-16-12-10-9-11-13-17-18;3*1-2/h6,8,15,18-19,22H,2,5,7,9-14,16-17H2,1,3-4H3;3*1-2H3/b20-15-,21-8+;;;. The molecule has 1 nitrogen and oxygen atoms in total. The van der Waals surface area contributed by atoms with E-state index >= 15 is 0 Å². The van der Waals surface area contributed by atoms with Gasteiger partial charge in [0, 0.05) is 11.7 Å². The summed E-state index contributed by atoms with van der Waals surface area (Å²) in [5, 5.41) is 3.82. The Morgan fingerprint density at radius 3 is 1.82 bits per heavy atom. The molecule has 0 bridgehead atoms. The Labute approximate surface area is 180 Å². The van der Waals surface area contributed by atoms with Gasteiger partial charge >= 0.3 is 0 Å². The molecule has 1 fully saturated rings. The first-order valence-corrected chi connectivity index (χ1v) is 12.5. The average molecular weight is 394 g/mol. The minimum absolute atomic E-state index is 0.595. The van der Waals surface area contributed by atoms with Crippen LogP contribution < -0.4 is 5.32 Å². The smallest absolute Gasteiger partial charge is 0.0334 e. The first-order valence-electron chi connectivity index (χ1n) is 12.5. The zero-order chi connectivity index (χ0) is 22.2. The highest BCUT2D eigenvalue weighted by Gasteiger charge is 2.19. The van der Waals surface area contributed by atoms with Crippen molar-refractivity contribution in [3.63, 3.8) is 0 Å². The van der Waals surface area contributed by atoms with Gasteiger partial charge in [-0.25, -0.2) is 0 Å². The summed E-state index contributed by atoms with van der Waals surface area (Å²) in [6, 6.07) is 0.595. The molecule has 0 heterocycles. The second kappa shape index (κ2) is 26.0. The minimum Gasteiger partial charge on any atom is -0.382 e. The Kier molecular flexibility index (Phi) is 29.5. The molecule has 1 saturated carbocycles. The molecule has 1 aliphatic carbocycles. The van der Waals surface area contributed by atoms with Gasteiger partial charge in [0.15, 0.2) is 0 Å². The van der Waals surface area contributed by atoms with Crippen molar-refractivity contribution in [3.8, 4) is 0 Å². The van der Waals surface area contributed by atoms with Crippen molar-refractivity contribution in [1.29, 1.82) is 0 Å². The van der Waals surface area contributed by atoms with E-state index in [9.17, 15) is 0 Å². The molecule has 0 aromatic rings. The van der Waals surface area contributed by atoms with E-state index < -0.39 is 0 Å². The maximum absolute atomic E-state index is 3.96. The fraction of sp³-hybridized carbons (Fsp3) is 0.778. The quantitative estimate of drug-likeness (QED) is 0.405. The fourth-order valence-corrected chi connectivity index (χ4v) is 3.62. The van der Waals surface area contributed by atoms with Crippen LogP contribution in [0.4, 0.5) is 0 Å². The van der Waals surface area contributed by atoms with Crippen molar-refractivity contribution in [2.24, 2.45) is 5.92 Å². The Morgan fingerprint density at radius 1 is 0.929 bits per heavy atom. The van der Waals surface area contributed by atoms with Crippen LogP contribution in [0.25, 0.3) is 0 Å². The van der Waals surface area contributed by atoms with Crippen LogP contribution in [0.3, 0.4) is 0 Å².